The van der Waals surface area contributed by atoms with Crippen molar-refractivity contribution in [3.05, 3.63) is 82.1 Å². The average Bonchev–Trinajstić information content (AvgIpc) is 3.11. The molecule has 0 spiro atoms. The van der Waals surface area contributed by atoms with Crippen molar-refractivity contribution in [2.45, 2.75) is 6.92 Å². The molecule has 27 heavy (non-hydrogen) atoms. The number of anilines is 1. The lowest BCUT2D eigenvalue weighted by molar-refractivity contribution is -0.384. The second-order valence-electron chi connectivity index (χ2n) is 5.70. The molecule has 0 saturated heterocycles. The van der Waals surface area contributed by atoms with Crippen molar-refractivity contribution in [2.75, 3.05) is 5.32 Å². The van der Waals surface area contributed by atoms with Crippen molar-refractivity contribution in [3.8, 4) is 11.3 Å². The summed E-state index contributed by atoms with van der Waals surface area (Å²) in [5.74, 6) is 1.00. The van der Waals surface area contributed by atoms with E-state index in [1.165, 1.54) is 18.3 Å². The number of nitro groups is 1. The Hall–Kier alpha value is -3.52. The standard InChI is InChI=1S/C19H16N4O3S/c1-13-4-2-6-15(10-13)21-19(27)22-20-12-17-8-9-18(26-17)14-5-3-7-16(11-14)23(24)25/h2-12H,1H3,(H2,21,22,27)/b20-12+. The average molecular weight is 380 g/mol. The Morgan fingerprint density at radius 2 is 2.00 bits per heavy atom. The third-order valence-corrected chi connectivity index (χ3v) is 3.80. The van der Waals surface area contributed by atoms with Crippen LogP contribution in [0, 0.1) is 17.0 Å². The summed E-state index contributed by atoms with van der Waals surface area (Å²) in [4.78, 5) is 10.4. The molecular weight excluding hydrogens is 364 g/mol. The lowest BCUT2D eigenvalue weighted by atomic mass is 10.1. The summed E-state index contributed by atoms with van der Waals surface area (Å²) < 4.78 is 5.64. The van der Waals surface area contributed by atoms with Crippen LogP contribution in [-0.4, -0.2) is 16.3 Å². The summed E-state index contributed by atoms with van der Waals surface area (Å²) in [5.41, 5.74) is 5.33. The number of hydrogen-bond donors (Lipinski definition) is 2. The van der Waals surface area contributed by atoms with Crippen LogP contribution in [0.1, 0.15) is 11.3 Å². The highest BCUT2D eigenvalue weighted by atomic mass is 32.1. The number of nitrogens with one attached hydrogen (secondary N) is 2. The van der Waals surface area contributed by atoms with E-state index in [2.05, 4.69) is 15.8 Å². The number of thiocarbonyl (C=S) groups is 1. The van der Waals surface area contributed by atoms with Gasteiger partial charge in [0, 0.05) is 23.4 Å². The zero-order valence-corrected chi connectivity index (χ0v) is 15.2. The summed E-state index contributed by atoms with van der Waals surface area (Å²) in [7, 11) is 0. The van der Waals surface area contributed by atoms with Gasteiger partial charge in [0.1, 0.15) is 11.5 Å². The van der Waals surface area contributed by atoms with E-state index in [-0.39, 0.29) is 5.69 Å². The zero-order valence-electron chi connectivity index (χ0n) is 14.4. The predicted molar refractivity (Wildman–Crippen MR) is 109 cm³/mol. The van der Waals surface area contributed by atoms with Gasteiger partial charge in [-0.25, -0.2) is 0 Å². The van der Waals surface area contributed by atoms with E-state index in [1.54, 1.807) is 24.3 Å². The first-order chi connectivity index (χ1) is 13.0. The summed E-state index contributed by atoms with van der Waals surface area (Å²) >= 11 is 5.18. The molecule has 0 bridgehead atoms. The van der Waals surface area contributed by atoms with Crippen molar-refractivity contribution in [1.82, 2.24) is 5.43 Å². The third kappa shape index (κ3) is 4.99. The molecule has 2 N–H and O–H groups in total. The summed E-state index contributed by atoms with van der Waals surface area (Å²) in [6.45, 7) is 2.00. The molecule has 1 aromatic heterocycles. The first-order valence-electron chi connectivity index (χ1n) is 8.03. The summed E-state index contributed by atoms with van der Waals surface area (Å²) in [6.07, 6.45) is 1.48. The van der Waals surface area contributed by atoms with Gasteiger partial charge in [-0.2, -0.15) is 5.10 Å². The molecule has 0 saturated carbocycles. The van der Waals surface area contributed by atoms with Gasteiger partial charge in [-0.05, 0) is 49.0 Å². The number of nitrogens with zero attached hydrogens (tertiary/aromatic N) is 2. The third-order valence-electron chi connectivity index (χ3n) is 3.60. The Balaban J connectivity index is 1.61. The van der Waals surface area contributed by atoms with Gasteiger partial charge < -0.3 is 9.73 Å². The molecule has 8 heteroatoms. The number of furan rings is 1. The molecule has 0 amide bonds. The van der Waals surface area contributed by atoms with Gasteiger partial charge in [0.05, 0.1) is 11.1 Å². The predicted octanol–water partition coefficient (Wildman–Crippen LogP) is 4.48. The quantitative estimate of drug-likeness (QED) is 0.293. The van der Waals surface area contributed by atoms with Crippen molar-refractivity contribution in [2.24, 2.45) is 5.10 Å². The maximum absolute atomic E-state index is 10.9. The summed E-state index contributed by atoms with van der Waals surface area (Å²) in [5, 5.41) is 18.3. The van der Waals surface area contributed by atoms with Crippen LogP contribution in [0.25, 0.3) is 11.3 Å². The minimum absolute atomic E-state index is 0.00774. The fourth-order valence-corrected chi connectivity index (χ4v) is 2.56. The molecule has 0 radical (unpaired) electrons. The van der Waals surface area contributed by atoms with Crippen molar-refractivity contribution in [1.29, 1.82) is 0 Å². The minimum Gasteiger partial charge on any atom is -0.455 e. The van der Waals surface area contributed by atoms with Gasteiger partial charge >= 0.3 is 0 Å². The second kappa shape index (κ2) is 8.24. The Bertz CT molecular complexity index is 1010. The zero-order chi connectivity index (χ0) is 19.2. The number of non-ortho nitro benzene ring substituents is 1. The van der Waals surface area contributed by atoms with Crippen LogP contribution in [-0.2, 0) is 0 Å². The van der Waals surface area contributed by atoms with Crippen LogP contribution < -0.4 is 10.7 Å². The first-order valence-corrected chi connectivity index (χ1v) is 8.43. The van der Waals surface area contributed by atoms with Crippen LogP contribution in [0.3, 0.4) is 0 Å². The normalized spacial score (nSPS) is 10.7. The van der Waals surface area contributed by atoms with Crippen LogP contribution >= 0.6 is 12.2 Å². The topological polar surface area (TPSA) is 92.7 Å². The van der Waals surface area contributed by atoms with Crippen LogP contribution in [0.4, 0.5) is 11.4 Å². The molecule has 0 aliphatic carbocycles. The first kappa shape index (κ1) is 18.3. The largest absolute Gasteiger partial charge is 0.455 e. The second-order valence-corrected chi connectivity index (χ2v) is 6.11. The molecule has 0 fully saturated rings. The number of hydrazone groups is 1. The van der Waals surface area contributed by atoms with E-state index in [4.69, 9.17) is 16.6 Å². The minimum atomic E-state index is -0.444. The smallest absolute Gasteiger partial charge is 0.270 e. The SMILES string of the molecule is Cc1cccc(NC(=S)N/N=C/c2ccc(-c3cccc([N+](=O)[O-])c3)o2)c1. The van der Waals surface area contributed by atoms with Gasteiger partial charge in [0.25, 0.3) is 5.69 Å². The van der Waals surface area contributed by atoms with Gasteiger partial charge in [-0.3, -0.25) is 15.5 Å². The fourth-order valence-electron chi connectivity index (χ4n) is 2.39. The molecule has 3 rings (SSSR count). The van der Waals surface area contributed by atoms with E-state index in [0.29, 0.717) is 22.2 Å². The van der Waals surface area contributed by atoms with Gasteiger partial charge in [0.2, 0.25) is 0 Å². The number of hydrogen-bond acceptors (Lipinski definition) is 5. The van der Waals surface area contributed by atoms with Crippen molar-refractivity contribution >= 4 is 34.9 Å². The molecule has 0 aliphatic rings. The molecule has 3 aromatic rings. The van der Waals surface area contributed by atoms with Crippen LogP contribution in [0.15, 0.2) is 70.2 Å². The fraction of sp³-hybridized carbons (Fsp3) is 0.0526. The molecule has 0 atom stereocenters. The number of nitro benzene ring substituents is 1. The molecular formula is C19H16N4O3S. The highest BCUT2D eigenvalue weighted by Crippen LogP contribution is 2.25. The van der Waals surface area contributed by atoms with E-state index in [9.17, 15) is 10.1 Å². The Morgan fingerprint density at radius 3 is 2.78 bits per heavy atom. The van der Waals surface area contributed by atoms with Crippen molar-refractivity contribution < 1.29 is 9.34 Å². The van der Waals surface area contributed by atoms with Gasteiger partial charge in [-0.1, -0.05) is 24.3 Å². The Kier molecular flexibility index (Phi) is 5.58. The van der Waals surface area contributed by atoms with Crippen LogP contribution in [0.2, 0.25) is 0 Å². The van der Waals surface area contributed by atoms with Gasteiger partial charge in [-0.15, -0.1) is 0 Å². The molecule has 136 valence electrons. The highest BCUT2D eigenvalue weighted by molar-refractivity contribution is 7.80. The van der Waals surface area contributed by atoms with E-state index in [1.807, 2.05) is 31.2 Å². The van der Waals surface area contributed by atoms with E-state index in [0.717, 1.165) is 11.3 Å². The molecule has 0 aliphatic heterocycles. The maximum atomic E-state index is 10.9. The number of rotatable bonds is 5. The number of aryl methyl sites for hydroxylation is 1. The Labute approximate surface area is 160 Å². The van der Waals surface area contributed by atoms with Crippen molar-refractivity contribution in [3.63, 3.8) is 0 Å². The van der Waals surface area contributed by atoms with Crippen LogP contribution in [0.5, 0.6) is 0 Å². The summed E-state index contributed by atoms with van der Waals surface area (Å²) in [6, 6.07) is 17.5. The maximum Gasteiger partial charge on any atom is 0.270 e. The molecule has 0 unspecified atom stereocenters. The van der Waals surface area contributed by atoms with E-state index >= 15 is 0 Å². The lowest BCUT2D eigenvalue weighted by Gasteiger charge is -2.07. The van der Waals surface area contributed by atoms with Gasteiger partial charge in [0.15, 0.2) is 5.11 Å². The monoisotopic (exact) mass is 380 g/mol. The molecule has 2 aromatic carbocycles. The lowest BCUT2D eigenvalue weighted by Crippen LogP contribution is -2.23. The highest BCUT2D eigenvalue weighted by Gasteiger charge is 2.09. The Morgan fingerprint density at radius 1 is 1.19 bits per heavy atom. The number of benzene rings is 2. The molecule has 1 heterocycles. The molecule has 7 nitrogen and oxygen atoms in total. The van der Waals surface area contributed by atoms with E-state index < -0.39 is 4.92 Å².